The highest BCUT2D eigenvalue weighted by Crippen LogP contribution is 1.94. The van der Waals surface area contributed by atoms with Crippen LogP contribution < -0.4 is 5.32 Å². The highest BCUT2D eigenvalue weighted by molar-refractivity contribution is 5.77. The Labute approximate surface area is 71.4 Å². The molecule has 1 aromatic heterocycles. The predicted octanol–water partition coefficient (Wildman–Crippen LogP) is 0.682. The van der Waals surface area contributed by atoms with Crippen molar-refractivity contribution in [3.63, 3.8) is 0 Å². The molecule has 0 saturated heterocycles. The number of rotatable bonds is 3. The van der Waals surface area contributed by atoms with Crippen LogP contribution in [0.3, 0.4) is 0 Å². The molecule has 2 N–H and O–H groups in total. The van der Waals surface area contributed by atoms with Crippen LogP contribution in [-0.4, -0.2) is 16.1 Å². The van der Waals surface area contributed by atoms with Crippen LogP contribution in [0, 0.1) is 5.92 Å². The van der Waals surface area contributed by atoms with Gasteiger partial charge in [-0.3, -0.25) is 9.89 Å². The lowest BCUT2D eigenvalue weighted by Gasteiger charge is -2.05. The van der Waals surface area contributed by atoms with Gasteiger partial charge in [0.1, 0.15) is 0 Å². The molecule has 0 fully saturated rings. The van der Waals surface area contributed by atoms with Gasteiger partial charge in [-0.05, 0) is 6.07 Å². The molecule has 1 aromatic rings. The molecule has 1 amide bonds. The maximum atomic E-state index is 11.1. The molecule has 0 bridgehead atoms. The van der Waals surface area contributed by atoms with Crippen molar-refractivity contribution in [2.24, 2.45) is 5.92 Å². The summed E-state index contributed by atoms with van der Waals surface area (Å²) < 4.78 is 0. The molecule has 0 saturated carbocycles. The Balaban J connectivity index is 2.32. The van der Waals surface area contributed by atoms with E-state index in [9.17, 15) is 4.79 Å². The van der Waals surface area contributed by atoms with Crippen LogP contribution in [0.25, 0.3) is 0 Å². The van der Waals surface area contributed by atoms with E-state index in [1.165, 1.54) is 0 Å². The van der Waals surface area contributed by atoms with Gasteiger partial charge in [0.25, 0.3) is 0 Å². The van der Waals surface area contributed by atoms with Gasteiger partial charge in [-0.25, -0.2) is 0 Å². The largest absolute Gasteiger partial charge is 0.350 e. The Hall–Kier alpha value is -1.32. The van der Waals surface area contributed by atoms with E-state index in [-0.39, 0.29) is 11.8 Å². The van der Waals surface area contributed by atoms with Crippen molar-refractivity contribution < 1.29 is 4.79 Å². The highest BCUT2D eigenvalue weighted by atomic mass is 16.1. The Morgan fingerprint density at radius 1 is 1.75 bits per heavy atom. The van der Waals surface area contributed by atoms with Gasteiger partial charge in [-0.2, -0.15) is 5.10 Å². The smallest absolute Gasteiger partial charge is 0.222 e. The van der Waals surface area contributed by atoms with E-state index < -0.39 is 0 Å². The van der Waals surface area contributed by atoms with Crippen LogP contribution in [0.1, 0.15) is 19.5 Å². The summed E-state index contributed by atoms with van der Waals surface area (Å²) in [6, 6.07) is 1.83. The Morgan fingerprint density at radius 2 is 2.50 bits per heavy atom. The lowest BCUT2D eigenvalue weighted by Crippen LogP contribution is -2.27. The van der Waals surface area contributed by atoms with Gasteiger partial charge >= 0.3 is 0 Å². The van der Waals surface area contributed by atoms with Gasteiger partial charge in [0, 0.05) is 12.1 Å². The molecule has 4 nitrogen and oxygen atoms in total. The topological polar surface area (TPSA) is 57.8 Å². The van der Waals surface area contributed by atoms with Crippen molar-refractivity contribution in [1.29, 1.82) is 0 Å². The van der Waals surface area contributed by atoms with Crippen molar-refractivity contribution in [3.05, 3.63) is 18.0 Å². The van der Waals surface area contributed by atoms with Gasteiger partial charge in [-0.1, -0.05) is 13.8 Å². The van der Waals surface area contributed by atoms with Crippen molar-refractivity contribution in [1.82, 2.24) is 15.5 Å². The Bertz CT molecular complexity index is 241. The van der Waals surface area contributed by atoms with Crippen LogP contribution in [-0.2, 0) is 11.3 Å². The predicted molar refractivity (Wildman–Crippen MR) is 45.3 cm³/mol. The minimum atomic E-state index is 0.0351. The number of carbonyl (C=O) groups is 1. The van der Waals surface area contributed by atoms with Crippen LogP contribution in [0.4, 0.5) is 0 Å². The van der Waals surface area contributed by atoms with Crippen LogP contribution in [0.2, 0.25) is 0 Å². The lowest BCUT2D eigenvalue weighted by atomic mass is 10.2. The van der Waals surface area contributed by atoms with E-state index >= 15 is 0 Å². The van der Waals surface area contributed by atoms with E-state index in [0.29, 0.717) is 6.54 Å². The molecular weight excluding hydrogens is 154 g/mol. The van der Waals surface area contributed by atoms with Crippen LogP contribution in [0.5, 0.6) is 0 Å². The summed E-state index contributed by atoms with van der Waals surface area (Å²) in [5.74, 6) is 0.0949. The van der Waals surface area contributed by atoms with Crippen molar-refractivity contribution in [3.8, 4) is 0 Å². The highest BCUT2D eigenvalue weighted by Gasteiger charge is 2.05. The van der Waals surface area contributed by atoms with E-state index in [4.69, 9.17) is 0 Å². The van der Waals surface area contributed by atoms with Gasteiger partial charge in [-0.15, -0.1) is 0 Å². The SMILES string of the molecule is CC(C)C(=O)NCc1ccn[nH]1. The zero-order valence-electron chi connectivity index (χ0n) is 7.29. The molecule has 12 heavy (non-hydrogen) atoms. The van der Waals surface area contributed by atoms with Crippen molar-refractivity contribution in [2.75, 3.05) is 0 Å². The minimum Gasteiger partial charge on any atom is -0.350 e. The summed E-state index contributed by atoms with van der Waals surface area (Å²) in [4.78, 5) is 11.1. The molecule has 0 radical (unpaired) electrons. The molecule has 1 rings (SSSR count). The summed E-state index contributed by atoms with van der Waals surface area (Å²) >= 11 is 0. The molecule has 0 aliphatic carbocycles. The molecule has 0 atom stereocenters. The second-order valence-corrected chi connectivity index (χ2v) is 2.95. The third-order valence-corrected chi connectivity index (χ3v) is 1.54. The first-order valence-electron chi connectivity index (χ1n) is 3.96. The summed E-state index contributed by atoms with van der Waals surface area (Å²) in [7, 11) is 0. The molecule has 0 aromatic carbocycles. The monoisotopic (exact) mass is 167 g/mol. The summed E-state index contributed by atoms with van der Waals surface area (Å²) in [5.41, 5.74) is 0.920. The quantitative estimate of drug-likeness (QED) is 0.695. The Kier molecular flexibility index (Phi) is 2.85. The fraction of sp³-hybridized carbons (Fsp3) is 0.500. The average molecular weight is 167 g/mol. The molecule has 66 valence electrons. The van der Waals surface area contributed by atoms with Gasteiger partial charge < -0.3 is 5.32 Å². The molecule has 0 spiro atoms. The minimum absolute atomic E-state index is 0.0351. The first kappa shape index (κ1) is 8.77. The zero-order chi connectivity index (χ0) is 8.97. The molecule has 4 heteroatoms. The second kappa shape index (κ2) is 3.90. The lowest BCUT2D eigenvalue weighted by molar-refractivity contribution is -0.124. The molecular formula is C8H13N3O. The first-order valence-corrected chi connectivity index (χ1v) is 3.96. The number of H-pyrrole nitrogens is 1. The van der Waals surface area contributed by atoms with Gasteiger partial charge in [0.2, 0.25) is 5.91 Å². The fourth-order valence-corrected chi connectivity index (χ4v) is 0.770. The average Bonchev–Trinajstić information content (AvgIpc) is 2.51. The molecule has 0 aliphatic heterocycles. The third kappa shape index (κ3) is 2.38. The first-order chi connectivity index (χ1) is 5.70. The standard InChI is InChI=1S/C8H13N3O/c1-6(2)8(12)9-5-7-3-4-10-11-7/h3-4,6H,5H2,1-2H3,(H,9,12)(H,10,11). The normalized spacial score (nSPS) is 10.2. The molecule has 0 unspecified atom stereocenters. The van der Waals surface area contributed by atoms with Crippen LogP contribution >= 0.6 is 0 Å². The number of hydrogen-bond donors (Lipinski definition) is 2. The molecule has 1 heterocycles. The number of amides is 1. The Morgan fingerprint density at radius 3 is 3.00 bits per heavy atom. The van der Waals surface area contributed by atoms with Crippen molar-refractivity contribution in [2.45, 2.75) is 20.4 Å². The zero-order valence-corrected chi connectivity index (χ0v) is 7.29. The number of nitrogens with one attached hydrogen (secondary N) is 2. The number of carbonyl (C=O) groups excluding carboxylic acids is 1. The van der Waals surface area contributed by atoms with E-state index in [1.54, 1.807) is 6.20 Å². The number of nitrogens with zero attached hydrogens (tertiary/aromatic N) is 1. The maximum Gasteiger partial charge on any atom is 0.222 e. The van der Waals surface area contributed by atoms with E-state index in [1.807, 2.05) is 19.9 Å². The number of aromatic amines is 1. The van der Waals surface area contributed by atoms with E-state index in [0.717, 1.165) is 5.69 Å². The number of hydrogen-bond acceptors (Lipinski definition) is 2. The maximum absolute atomic E-state index is 11.1. The van der Waals surface area contributed by atoms with Gasteiger partial charge in [0.15, 0.2) is 0 Å². The van der Waals surface area contributed by atoms with Crippen LogP contribution in [0.15, 0.2) is 12.3 Å². The number of aromatic nitrogens is 2. The molecule has 0 aliphatic rings. The fourth-order valence-electron chi connectivity index (χ4n) is 0.770. The summed E-state index contributed by atoms with van der Waals surface area (Å²) in [5, 5.41) is 9.31. The summed E-state index contributed by atoms with van der Waals surface area (Å²) in [6.07, 6.45) is 1.66. The third-order valence-electron chi connectivity index (χ3n) is 1.54. The summed E-state index contributed by atoms with van der Waals surface area (Å²) in [6.45, 7) is 4.25. The second-order valence-electron chi connectivity index (χ2n) is 2.95. The van der Waals surface area contributed by atoms with E-state index in [2.05, 4.69) is 15.5 Å². The van der Waals surface area contributed by atoms with Gasteiger partial charge in [0.05, 0.1) is 12.2 Å². The van der Waals surface area contributed by atoms with Crippen molar-refractivity contribution >= 4 is 5.91 Å².